The summed E-state index contributed by atoms with van der Waals surface area (Å²) >= 11 is 0. The minimum Gasteiger partial charge on any atom is -0.103 e. The van der Waals surface area contributed by atoms with Gasteiger partial charge in [0.2, 0.25) is 0 Å². The van der Waals surface area contributed by atoms with Crippen molar-refractivity contribution >= 4 is 0 Å². The molecule has 0 bridgehead atoms. The number of allylic oxidation sites excluding steroid dienone is 5. The van der Waals surface area contributed by atoms with Gasteiger partial charge in [0.1, 0.15) is 0 Å². The van der Waals surface area contributed by atoms with E-state index in [1.165, 1.54) is 31.3 Å². The molecule has 1 aliphatic rings. The van der Waals surface area contributed by atoms with Crippen LogP contribution in [-0.4, -0.2) is 0 Å². The molecule has 0 aromatic rings. The quantitative estimate of drug-likeness (QED) is 0.554. The van der Waals surface area contributed by atoms with Crippen LogP contribution in [0.15, 0.2) is 36.0 Å². The van der Waals surface area contributed by atoms with E-state index in [-0.39, 0.29) is 0 Å². The summed E-state index contributed by atoms with van der Waals surface area (Å²) in [5.41, 5.74) is 3.08. The van der Waals surface area contributed by atoms with Crippen molar-refractivity contribution in [1.82, 2.24) is 0 Å². The molecule has 0 saturated carbocycles. The van der Waals surface area contributed by atoms with E-state index in [0.29, 0.717) is 5.92 Å². The highest BCUT2D eigenvalue weighted by Crippen LogP contribution is 2.30. The highest BCUT2D eigenvalue weighted by atomic mass is 14.2. The lowest BCUT2D eigenvalue weighted by atomic mass is 9.84. The number of hydrogen-bond donors (Lipinski definition) is 0. The predicted molar refractivity (Wildman–Crippen MR) is 64.3 cm³/mol. The van der Waals surface area contributed by atoms with Crippen LogP contribution in [0.5, 0.6) is 0 Å². The van der Waals surface area contributed by atoms with Crippen LogP contribution in [-0.2, 0) is 0 Å². The minimum atomic E-state index is 0.717. The van der Waals surface area contributed by atoms with E-state index in [0.717, 1.165) is 6.42 Å². The largest absolute Gasteiger partial charge is 0.103 e. The molecule has 0 heteroatoms. The molecule has 0 heterocycles. The van der Waals surface area contributed by atoms with Gasteiger partial charge < -0.3 is 0 Å². The average molecular weight is 190 g/mol. The zero-order valence-electron chi connectivity index (χ0n) is 9.55. The molecule has 78 valence electrons. The second-order valence-corrected chi connectivity index (χ2v) is 4.13. The van der Waals surface area contributed by atoms with Gasteiger partial charge in [0.05, 0.1) is 0 Å². The third-order valence-corrected chi connectivity index (χ3v) is 2.96. The fraction of sp³-hybridized carbons (Fsp3) is 0.571. The lowest BCUT2D eigenvalue weighted by Gasteiger charge is -2.22. The summed E-state index contributed by atoms with van der Waals surface area (Å²) in [5.74, 6) is 0.717. The standard InChI is InChI=1S/C14H22/c1-4-8-13(9-5-2)14-11-7-6-10-12(14)3/h4,10-11,13H,1,5-9H2,2-3H3. The summed E-state index contributed by atoms with van der Waals surface area (Å²) in [5, 5.41) is 0. The van der Waals surface area contributed by atoms with Crippen molar-refractivity contribution in [3.05, 3.63) is 36.0 Å². The molecule has 14 heavy (non-hydrogen) atoms. The second kappa shape index (κ2) is 5.85. The Morgan fingerprint density at radius 3 is 2.71 bits per heavy atom. The first-order valence-electron chi connectivity index (χ1n) is 5.77. The average Bonchev–Trinajstić information content (AvgIpc) is 2.18. The van der Waals surface area contributed by atoms with Gasteiger partial charge in [-0.2, -0.15) is 0 Å². The monoisotopic (exact) mass is 190 g/mol. The first-order valence-corrected chi connectivity index (χ1v) is 5.77. The van der Waals surface area contributed by atoms with Crippen LogP contribution < -0.4 is 0 Å². The highest BCUT2D eigenvalue weighted by molar-refractivity contribution is 5.34. The van der Waals surface area contributed by atoms with Crippen molar-refractivity contribution in [2.24, 2.45) is 5.92 Å². The molecule has 0 aliphatic heterocycles. The first kappa shape index (κ1) is 11.3. The van der Waals surface area contributed by atoms with Crippen LogP contribution in [0.2, 0.25) is 0 Å². The van der Waals surface area contributed by atoms with Crippen molar-refractivity contribution < 1.29 is 0 Å². The van der Waals surface area contributed by atoms with Crippen LogP contribution >= 0.6 is 0 Å². The Balaban J connectivity index is 2.70. The van der Waals surface area contributed by atoms with E-state index in [4.69, 9.17) is 0 Å². The second-order valence-electron chi connectivity index (χ2n) is 4.13. The van der Waals surface area contributed by atoms with E-state index in [1.54, 1.807) is 5.57 Å². The third-order valence-electron chi connectivity index (χ3n) is 2.96. The van der Waals surface area contributed by atoms with Crippen molar-refractivity contribution in [3.8, 4) is 0 Å². The molecule has 0 nitrogen and oxygen atoms in total. The molecular formula is C14H22. The van der Waals surface area contributed by atoms with Crippen LogP contribution in [0.4, 0.5) is 0 Å². The van der Waals surface area contributed by atoms with E-state index in [9.17, 15) is 0 Å². The number of hydrogen-bond acceptors (Lipinski definition) is 0. The smallest absolute Gasteiger partial charge is 0.0128 e. The van der Waals surface area contributed by atoms with E-state index in [2.05, 4.69) is 38.7 Å². The third kappa shape index (κ3) is 2.87. The lowest BCUT2D eigenvalue weighted by molar-refractivity contribution is 0.558. The van der Waals surface area contributed by atoms with Gasteiger partial charge in [-0.3, -0.25) is 0 Å². The molecule has 1 atom stereocenters. The first-order chi connectivity index (χ1) is 6.79. The number of rotatable bonds is 5. The Kier molecular flexibility index (Phi) is 4.72. The summed E-state index contributed by atoms with van der Waals surface area (Å²) in [6.07, 6.45) is 13.0. The molecule has 0 N–H and O–H groups in total. The molecule has 0 amide bonds. The van der Waals surface area contributed by atoms with Crippen LogP contribution in [0.25, 0.3) is 0 Å². The molecular weight excluding hydrogens is 168 g/mol. The van der Waals surface area contributed by atoms with Gasteiger partial charge in [-0.15, -0.1) is 6.58 Å². The molecule has 0 fully saturated rings. The lowest BCUT2D eigenvalue weighted by Crippen LogP contribution is -2.06. The zero-order chi connectivity index (χ0) is 10.4. The fourth-order valence-electron chi connectivity index (χ4n) is 2.26. The summed E-state index contributed by atoms with van der Waals surface area (Å²) < 4.78 is 0. The molecule has 0 aromatic carbocycles. The maximum Gasteiger partial charge on any atom is -0.0128 e. The van der Waals surface area contributed by atoms with Crippen LogP contribution in [0.1, 0.15) is 46.0 Å². The molecule has 0 spiro atoms. The van der Waals surface area contributed by atoms with Crippen molar-refractivity contribution in [3.63, 3.8) is 0 Å². The van der Waals surface area contributed by atoms with Crippen molar-refractivity contribution in [2.45, 2.75) is 46.0 Å². The fourth-order valence-corrected chi connectivity index (χ4v) is 2.26. The summed E-state index contributed by atoms with van der Waals surface area (Å²) in [7, 11) is 0. The molecule has 1 aliphatic carbocycles. The van der Waals surface area contributed by atoms with Gasteiger partial charge >= 0.3 is 0 Å². The molecule has 1 unspecified atom stereocenters. The molecule has 1 rings (SSSR count). The molecule has 0 saturated heterocycles. The molecule has 0 radical (unpaired) electrons. The Morgan fingerprint density at radius 2 is 2.14 bits per heavy atom. The maximum atomic E-state index is 3.86. The molecule has 0 aromatic heterocycles. The van der Waals surface area contributed by atoms with Crippen molar-refractivity contribution in [1.29, 1.82) is 0 Å². The Hall–Kier alpha value is -0.780. The van der Waals surface area contributed by atoms with Gasteiger partial charge in [-0.25, -0.2) is 0 Å². The van der Waals surface area contributed by atoms with Crippen molar-refractivity contribution in [2.75, 3.05) is 0 Å². The summed E-state index contributed by atoms with van der Waals surface area (Å²) in [6, 6.07) is 0. The normalized spacial score (nSPS) is 18.4. The highest BCUT2D eigenvalue weighted by Gasteiger charge is 2.14. The van der Waals surface area contributed by atoms with E-state index in [1.807, 2.05) is 0 Å². The Bertz CT molecular complexity index is 243. The maximum absolute atomic E-state index is 3.86. The predicted octanol–water partition coefficient (Wildman–Crippen LogP) is 4.65. The van der Waals surface area contributed by atoms with E-state index >= 15 is 0 Å². The van der Waals surface area contributed by atoms with Gasteiger partial charge in [0.15, 0.2) is 0 Å². The Labute approximate surface area is 88.4 Å². The van der Waals surface area contributed by atoms with Gasteiger partial charge in [-0.05, 0) is 44.1 Å². The van der Waals surface area contributed by atoms with E-state index < -0.39 is 0 Å². The Morgan fingerprint density at radius 1 is 1.43 bits per heavy atom. The van der Waals surface area contributed by atoms with Gasteiger partial charge in [-0.1, -0.05) is 37.1 Å². The van der Waals surface area contributed by atoms with Crippen LogP contribution in [0.3, 0.4) is 0 Å². The zero-order valence-corrected chi connectivity index (χ0v) is 9.55. The van der Waals surface area contributed by atoms with Gasteiger partial charge in [0, 0.05) is 0 Å². The SMILES string of the molecule is C=CCC(CCC)C1=CCCC=C1C. The summed E-state index contributed by atoms with van der Waals surface area (Å²) in [4.78, 5) is 0. The van der Waals surface area contributed by atoms with Gasteiger partial charge in [0.25, 0.3) is 0 Å². The minimum absolute atomic E-state index is 0.717. The van der Waals surface area contributed by atoms with Crippen LogP contribution in [0, 0.1) is 5.92 Å². The topological polar surface area (TPSA) is 0 Å². The summed E-state index contributed by atoms with van der Waals surface area (Å²) in [6.45, 7) is 8.37.